The second-order valence-corrected chi connectivity index (χ2v) is 4.63. The van der Waals surface area contributed by atoms with Gasteiger partial charge in [-0.1, -0.05) is 6.92 Å². The highest BCUT2D eigenvalue weighted by Crippen LogP contribution is 2.22. The highest BCUT2D eigenvalue weighted by Gasteiger charge is 2.30. The second kappa shape index (κ2) is 5.44. The zero-order chi connectivity index (χ0) is 13.1. The van der Waals surface area contributed by atoms with Crippen LogP contribution in [0.25, 0.3) is 0 Å². The Morgan fingerprint density at radius 1 is 1.67 bits per heavy atom. The lowest BCUT2D eigenvalue weighted by atomic mass is 9.92. The summed E-state index contributed by atoms with van der Waals surface area (Å²) < 4.78 is 13.5. The van der Waals surface area contributed by atoms with Crippen LogP contribution in [-0.2, 0) is 0 Å². The van der Waals surface area contributed by atoms with Gasteiger partial charge in [0.05, 0.1) is 17.9 Å². The van der Waals surface area contributed by atoms with Crippen molar-refractivity contribution in [1.29, 1.82) is 0 Å². The molecule has 0 radical (unpaired) electrons. The van der Waals surface area contributed by atoms with Crippen molar-refractivity contribution in [2.45, 2.75) is 25.9 Å². The van der Waals surface area contributed by atoms with Gasteiger partial charge < -0.3 is 10.0 Å². The van der Waals surface area contributed by atoms with Crippen LogP contribution in [0.1, 0.15) is 30.1 Å². The summed E-state index contributed by atoms with van der Waals surface area (Å²) >= 11 is 0. The first kappa shape index (κ1) is 13.0. The number of rotatable bonds is 2. The number of halogens is 1. The van der Waals surface area contributed by atoms with E-state index in [1.54, 1.807) is 4.90 Å². The molecule has 5 heteroatoms. The predicted molar refractivity (Wildman–Crippen MR) is 64.5 cm³/mol. The molecule has 1 aromatic heterocycles. The van der Waals surface area contributed by atoms with E-state index in [4.69, 9.17) is 0 Å². The van der Waals surface area contributed by atoms with Gasteiger partial charge in [-0.3, -0.25) is 9.78 Å². The fourth-order valence-electron chi connectivity index (χ4n) is 2.32. The summed E-state index contributed by atoms with van der Waals surface area (Å²) in [4.78, 5) is 17.4. The van der Waals surface area contributed by atoms with Crippen LogP contribution in [0.2, 0.25) is 0 Å². The van der Waals surface area contributed by atoms with Gasteiger partial charge in [0.1, 0.15) is 0 Å². The molecule has 1 amide bonds. The average molecular weight is 252 g/mol. The SMILES string of the molecule is CCC1CN(C(=O)c2ccncc2F)CCC1O. The Bertz CT molecular complexity index is 439. The van der Waals surface area contributed by atoms with E-state index in [0.29, 0.717) is 19.5 Å². The fourth-order valence-corrected chi connectivity index (χ4v) is 2.32. The molecule has 1 aliphatic heterocycles. The first-order valence-corrected chi connectivity index (χ1v) is 6.20. The Balaban J connectivity index is 2.13. The third-order valence-corrected chi connectivity index (χ3v) is 3.51. The molecule has 18 heavy (non-hydrogen) atoms. The zero-order valence-corrected chi connectivity index (χ0v) is 10.3. The monoisotopic (exact) mass is 252 g/mol. The first-order chi connectivity index (χ1) is 8.63. The van der Waals surface area contributed by atoms with Crippen molar-refractivity contribution in [1.82, 2.24) is 9.88 Å². The minimum atomic E-state index is -0.596. The molecule has 2 rings (SSSR count). The Hall–Kier alpha value is -1.49. The number of aliphatic hydroxyl groups is 1. The van der Waals surface area contributed by atoms with Crippen LogP contribution in [0.5, 0.6) is 0 Å². The molecule has 2 unspecified atom stereocenters. The van der Waals surface area contributed by atoms with Gasteiger partial charge in [-0.15, -0.1) is 0 Å². The topological polar surface area (TPSA) is 53.4 Å². The summed E-state index contributed by atoms with van der Waals surface area (Å²) in [5.41, 5.74) is 0.0521. The van der Waals surface area contributed by atoms with Gasteiger partial charge in [-0.05, 0) is 18.9 Å². The molecule has 0 spiro atoms. The Morgan fingerprint density at radius 3 is 3.11 bits per heavy atom. The largest absolute Gasteiger partial charge is 0.393 e. The number of aromatic nitrogens is 1. The smallest absolute Gasteiger partial charge is 0.256 e. The lowest BCUT2D eigenvalue weighted by molar-refractivity contribution is 0.0226. The molecule has 1 fully saturated rings. The number of carbonyl (C=O) groups excluding carboxylic acids is 1. The summed E-state index contributed by atoms with van der Waals surface area (Å²) in [5, 5.41) is 9.77. The molecule has 0 aromatic carbocycles. The maximum Gasteiger partial charge on any atom is 0.256 e. The van der Waals surface area contributed by atoms with Crippen LogP contribution < -0.4 is 0 Å². The Labute approximate surface area is 105 Å². The van der Waals surface area contributed by atoms with Crippen LogP contribution in [0.15, 0.2) is 18.5 Å². The van der Waals surface area contributed by atoms with Crippen LogP contribution in [0.4, 0.5) is 4.39 Å². The van der Waals surface area contributed by atoms with E-state index >= 15 is 0 Å². The number of likely N-dealkylation sites (tertiary alicyclic amines) is 1. The molecule has 1 aromatic rings. The highest BCUT2D eigenvalue weighted by atomic mass is 19.1. The molecule has 4 nitrogen and oxygen atoms in total. The van der Waals surface area contributed by atoms with Gasteiger partial charge in [0.2, 0.25) is 0 Å². The van der Waals surface area contributed by atoms with Gasteiger partial charge in [-0.2, -0.15) is 0 Å². The van der Waals surface area contributed by atoms with E-state index < -0.39 is 5.82 Å². The van der Waals surface area contributed by atoms with Crippen LogP contribution in [0, 0.1) is 11.7 Å². The number of pyridine rings is 1. The van der Waals surface area contributed by atoms with Crippen molar-refractivity contribution in [3.05, 3.63) is 29.8 Å². The predicted octanol–water partition coefficient (Wildman–Crippen LogP) is 1.45. The molecule has 0 aliphatic carbocycles. The summed E-state index contributed by atoms with van der Waals surface area (Å²) in [5.74, 6) is -0.838. The maximum atomic E-state index is 13.5. The lowest BCUT2D eigenvalue weighted by Gasteiger charge is -2.35. The van der Waals surface area contributed by atoms with Gasteiger partial charge >= 0.3 is 0 Å². The van der Waals surface area contributed by atoms with Crippen molar-refractivity contribution in [2.24, 2.45) is 5.92 Å². The average Bonchev–Trinajstić information content (AvgIpc) is 2.39. The summed E-state index contributed by atoms with van der Waals surface area (Å²) in [6, 6.07) is 1.39. The number of piperidine rings is 1. The molecule has 1 N–H and O–H groups in total. The molecule has 1 saturated heterocycles. The Morgan fingerprint density at radius 2 is 2.44 bits per heavy atom. The minimum absolute atomic E-state index is 0.0521. The van der Waals surface area contributed by atoms with Crippen molar-refractivity contribution in [3.63, 3.8) is 0 Å². The number of hydrogen-bond donors (Lipinski definition) is 1. The number of aliphatic hydroxyl groups excluding tert-OH is 1. The van der Waals surface area contributed by atoms with E-state index in [1.165, 1.54) is 12.3 Å². The fraction of sp³-hybridized carbons (Fsp3) is 0.538. The van der Waals surface area contributed by atoms with Gasteiger partial charge in [0.15, 0.2) is 5.82 Å². The third kappa shape index (κ3) is 2.51. The number of amides is 1. The molecule has 0 bridgehead atoms. The van der Waals surface area contributed by atoms with Crippen LogP contribution >= 0.6 is 0 Å². The second-order valence-electron chi connectivity index (χ2n) is 4.63. The van der Waals surface area contributed by atoms with Gasteiger partial charge in [-0.25, -0.2) is 4.39 Å². The normalized spacial score (nSPS) is 24.1. The molecule has 0 saturated carbocycles. The maximum absolute atomic E-state index is 13.5. The molecule has 1 aliphatic rings. The lowest BCUT2D eigenvalue weighted by Crippen LogP contribution is -2.46. The molecule has 2 atom stereocenters. The molecular formula is C13H17FN2O2. The number of carbonyl (C=O) groups is 1. The molecule has 2 heterocycles. The number of nitrogens with zero attached hydrogens (tertiary/aromatic N) is 2. The first-order valence-electron chi connectivity index (χ1n) is 6.20. The van der Waals surface area contributed by atoms with Crippen molar-refractivity contribution in [2.75, 3.05) is 13.1 Å². The molecular weight excluding hydrogens is 235 g/mol. The third-order valence-electron chi connectivity index (χ3n) is 3.51. The summed E-state index contributed by atoms with van der Waals surface area (Å²) in [6.45, 7) is 2.94. The molecule has 98 valence electrons. The van der Waals surface area contributed by atoms with E-state index in [-0.39, 0.29) is 23.5 Å². The van der Waals surface area contributed by atoms with Gasteiger partial charge in [0.25, 0.3) is 5.91 Å². The zero-order valence-electron chi connectivity index (χ0n) is 10.3. The van der Waals surface area contributed by atoms with Crippen LogP contribution in [0.3, 0.4) is 0 Å². The quantitative estimate of drug-likeness (QED) is 0.866. The number of hydrogen-bond acceptors (Lipinski definition) is 3. The highest BCUT2D eigenvalue weighted by molar-refractivity contribution is 5.94. The van der Waals surface area contributed by atoms with Crippen molar-refractivity contribution < 1.29 is 14.3 Å². The van der Waals surface area contributed by atoms with E-state index in [9.17, 15) is 14.3 Å². The van der Waals surface area contributed by atoms with Crippen LogP contribution in [-0.4, -0.2) is 40.1 Å². The minimum Gasteiger partial charge on any atom is -0.393 e. The van der Waals surface area contributed by atoms with Crippen molar-refractivity contribution in [3.8, 4) is 0 Å². The summed E-state index contributed by atoms with van der Waals surface area (Å²) in [6.07, 6.45) is 3.46. The van der Waals surface area contributed by atoms with E-state index in [0.717, 1.165) is 12.6 Å². The van der Waals surface area contributed by atoms with E-state index in [1.807, 2.05) is 6.92 Å². The standard InChI is InChI=1S/C13H17FN2O2/c1-2-9-8-16(6-4-12(9)17)13(18)10-3-5-15-7-11(10)14/h3,5,7,9,12,17H,2,4,6,8H2,1H3. The summed E-state index contributed by atoms with van der Waals surface area (Å²) in [7, 11) is 0. The Kier molecular flexibility index (Phi) is 3.91. The van der Waals surface area contributed by atoms with Crippen molar-refractivity contribution >= 4 is 5.91 Å². The van der Waals surface area contributed by atoms with E-state index in [2.05, 4.69) is 4.98 Å². The van der Waals surface area contributed by atoms with Gasteiger partial charge in [0, 0.05) is 25.2 Å².